The Morgan fingerprint density at radius 2 is 1.73 bits per heavy atom. The Morgan fingerprint density at radius 3 is 2.07 bits per heavy atom. The second-order valence-electron chi connectivity index (χ2n) is 4.93. The van der Waals surface area contributed by atoms with Gasteiger partial charge < -0.3 is 4.90 Å². The highest BCUT2D eigenvalue weighted by atomic mass is 19.3. The SMILES string of the molecule is CC(C)C(=O)N1CCC(C)(C(F)F)CC1. The van der Waals surface area contributed by atoms with Crippen LogP contribution in [0.4, 0.5) is 8.78 Å². The molecule has 0 aromatic heterocycles. The van der Waals surface area contributed by atoms with Crippen molar-refractivity contribution in [3.8, 4) is 0 Å². The Labute approximate surface area is 89.6 Å². The van der Waals surface area contributed by atoms with Gasteiger partial charge in [-0.1, -0.05) is 20.8 Å². The van der Waals surface area contributed by atoms with Gasteiger partial charge in [0.2, 0.25) is 12.3 Å². The van der Waals surface area contributed by atoms with E-state index in [1.807, 2.05) is 13.8 Å². The van der Waals surface area contributed by atoms with Gasteiger partial charge in [0.1, 0.15) is 0 Å². The fourth-order valence-corrected chi connectivity index (χ4v) is 1.82. The zero-order chi connectivity index (χ0) is 11.6. The Bertz CT molecular complexity index is 233. The topological polar surface area (TPSA) is 20.3 Å². The Morgan fingerprint density at radius 1 is 1.27 bits per heavy atom. The van der Waals surface area contributed by atoms with Crippen LogP contribution in [0.25, 0.3) is 0 Å². The van der Waals surface area contributed by atoms with Crippen LogP contribution in [0.15, 0.2) is 0 Å². The summed E-state index contributed by atoms with van der Waals surface area (Å²) in [5.41, 5.74) is -0.895. The van der Waals surface area contributed by atoms with Gasteiger partial charge in [0, 0.05) is 24.4 Å². The molecule has 0 unspecified atom stereocenters. The van der Waals surface area contributed by atoms with Gasteiger partial charge in [0.15, 0.2) is 0 Å². The van der Waals surface area contributed by atoms with E-state index in [1.54, 1.807) is 11.8 Å². The summed E-state index contributed by atoms with van der Waals surface area (Å²) >= 11 is 0. The van der Waals surface area contributed by atoms with Gasteiger partial charge in [0.25, 0.3) is 0 Å². The minimum atomic E-state index is -2.28. The number of rotatable bonds is 2. The molecule has 1 rings (SSSR count). The molecule has 88 valence electrons. The van der Waals surface area contributed by atoms with Crippen molar-refractivity contribution in [1.29, 1.82) is 0 Å². The standard InChI is InChI=1S/C11H19F2NO/c1-8(2)9(15)14-6-4-11(3,5-7-14)10(12)13/h8,10H,4-7H2,1-3H3. The number of likely N-dealkylation sites (tertiary alicyclic amines) is 1. The van der Waals surface area contributed by atoms with E-state index in [4.69, 9.17) is 0 Å². The first-order chi connectivity index (χ1) is 6.87. The highest BCUT2D eigenvalue weighted by molar-refractivity contribution is 5.78. The quantitative estimate of drug-likeness (QED) is 0.699. The molecule has 1 saturated heterocycles. The highest BCUT2D eigenvalue weighted by Gasteiger charge is 2.39. The Balaban J connectivity index is 2.53. The summed E-state index contributed by atoms with van der Waals surface area (Å²) in [7, 11) is 0. The molecule has 1 aliphatic heterocycles. The minimum Gasteiger partial charge on any atom is -0.342 e. The predicted octanol–water partition coefficient (Wildman–Crippen LogP) is 2.54. The number of nitrogens with zero attached hydrogens (tertiary/aromatic N) is 1. The van der Waals surface area contributed by atoms with Crippen LogP contribution in [0.2, 0.25) is 0 Å². The third kappa shape index (κ3) is 2.67. The molecular formula is C11H19F2NO. The monoisotopic (exact) mass is 219 g/mol. The lowest BCUT2D eigenvalue weighted by Gasteiger charge is -2.39. The van der Waals surface area contributed by atoms with E-state index in [0.717, 1.165) is 0 Å². The molecule has 1 heterocycles. The van der Waals surface area contributed by atoms with Crippen molar-refractivity contribution >= 4 is 5.91 Å². The molecule has 0 saturated carbocycles. The fraction of sp³-hybridized carbons (Fsp3) is 0.909. The fourth-order valence-electron chi connectivity index (χ4n) is 1.82. The smallest absolute Gasteiger partial charge is 0.244 e. The summed E-state index contributed by atoms with van der Waals surface area (Å²) in [6.07, 6.45) is -1.47. The number of amides is 1. The number of hydrogen-bond acceptors (Lipinski definition) is 1. The molecule has 0 aromatic carbocycles. The molecule has 2 nitrogen and oxygen atoms in total. The van der Waals surface area contributed by atoms with Crippen LogP contribution in [0.1, 0.15) is 33.6 Å². The first-order valence-electron chi connectivity index (χ1n) is 5.44. The van der Waals surface area contributed by atoms with Crippen molar-refractivity contribution < 1.29 is 13.6 Å². The lowest BCUT2D eigenvalue weighted by Crippen LogP contribution is -2.46. The summed E-state index contributed by atoms with van der Waals surface area (Å²) in [5, 5.41) is 0. The first-order valence-corrected chi connectivity index (χ1v) is 5.44. The molecule has 0 spiro atoms. The number of piperidine rings is 1. The largest absolute Gasteiger partial charge is 0.342 e. The minimum absolute atomic E-state index is 0.0408. The number of hydrogen-bond donors (Lipinski definition) is 0. The average molecular weight is 219 g/mol. The molecule has 0 bridgehead atoms. The molecule has 0 aliphatic carbocycles. The summed E-state index contributed by atoms with van der Waals surface area (Å²) in [6, 6.07) is 0. The zero-order valence-electron chi connectivity index (χ0n) is 9.59. The first kappa shape index (κ1) is 12.4. The second kappa shape index (κ2) is 4.45. The maximum atomic E-state index is 12.7. The Hall–Kier alpha value is -0.670. The van der Waals surface area contributed by atoms with E-state index in [-0.39, 0.29) is 11.8 Å². The van der Waals surface area contributed by atoms with Crippen LogP contribution in [0.3, 0.4) is 0 Å². The lowest BCUT2D eigenvalue weighted by atomic mass is 9.80. The number of carbonyl (C=O) groups is 1. The Kier molecular flexibility index (Phi) is 3.68. The van der Waals surface area contributed by atoms with Gasteiger partial charge in [-0.15, -0.1) is 0 Å². The molecule has 0 radical (unpaired) electrons. The van der Waals surface area contributed by atoms with Crippen molar-refractivity contribution in [1.82, 2.24) is 4.90 Å². The summed E-state index contributed by atoms with van der Waals surface area (Å²) in [5.74, 6) is 0.0345. The van der Waals surface area contributed by atoms with Crippen molar-refractivity contribution in [2.45, 2.75) is 40.0 Å². The van der Waals surface area contributed by atoms with Gasteiger partial charge >= 0.3 is 0 Å². The molecule has 0 N–H and O–H groups in total. The van der Waals surface area contributed by atoms with Crippen LogP contribution >= 0.6 is 0 Å². The van der Waals surface area contributed by atoms with Crippen LogP contribution in [-0.2, 0) is 4.79 Å². The van der Waals surface area contributed by atoms with Crippen LogP contribution in [-0.4, -0.2) is 30.3 Å². The molecule has 15 heavy (non-hydrogen) atoms. The van der Waals surface area contributed by atoms with E-state index in [0.29, 0.717) is 25.9 Å². The molecular weight excluding hydrogens is 200 g/mol. The number of halogens is 2. The van der Waals surface area contributed by atoms with Gasteiger partial charge in [0.05, 0.1) is 0 Å². The van der Waals surface area contributed by atoms with Gasteiger partial charge in [-0.3, -0.25) is 4.79 Å². The highest BCUT2D eigenvalue weighted by Crippen LogP contribution is 2.37. The average Bonchev–Trinajstić information content (AvgIpc) is 2.17. The predicted molar refractivity (Wildman–Crippen MR) is 54.8 cm³/mol. The third-order valence-electron chi connectivity index (χ3n) is 3.24. The molecule has 0 aromatic rings. The lowest BCUT2D eigenvalue weighted by molar-refractivity contribution is -0.138. The van der Waals surface area contributed by atoms with Gasteiger partial charge in [-0.25, -0.2) is 8.78 Å². The van der Waals surface area contributed by atoms with Gasteiger partial charge in [-0.2, -0.15) is 0 Å². The van der Waals surface area contributed by atoms with E-state index in [9.17, 15) is 13.6 Å². The van der Waals surface area contributed by atoms with Crippen LogP contribution < -0.4 is 0 Å². The summed E-state index contributed by atoms with van der Waals surface area (Å²) in [6.45, 7) is 6.22. The number of alkyl halides is 2. The summed E-state index contributed by atoms with van der Waals surface area (Å²) < 4.78 is 25.4. The van der Waals surface area contributed by atoms with E-state index < -0.39 is 11.8 Å². The molecule has 4 heteroatoms. The van der Waals surface area contributed by atoms with Crippen molar-refractivity contribution in [3.63, 3.8) is 0 Å². The third-order valence-corrected chi connectivity index (χ3v) is 3.24. The molecule has 1 amide bonds. The van der Waals surface area contributed by atoms with E-state index in [1.165, 1.54) is 0 Å². The zero-order valence-corrected chi connectivity index (χ0v) is 9.59. The second-order valence-corrected chi connectivity index (χ2v) is 4.93. The van der Waals surface area contributed by atoms with E-state index >= 15 is 0 Å². The normalized spacial score (nSPS) is 21.1. The summed E-state index contributed by atoms with van der Waals surface area (Å²) in [4.78, 5) is 13.3. The maximum absolute atomic E-state index is 12.7. The van der Waals surface area contributed by atoms with Crippen molar-refractivity contribution in [3.05, 3.63) is 0 Å². The molecule has 1 aliphatic rings. The molecule has 1 fully saturated rings. The number of carbonyl (C=O) groups excluding carboxylic acids is 1. The van der Waals surface area contributed by atoms with Gasteiger partial charge in [-0.05, 0) is 12.8 Å². The van der Waals surface area contributed by atoms with Crippen LogP contribution in [0.5, 0.6) is 0 Å². The van der Waals surface area contributed by atoms with E-state index in [2.05, 4.69) is 0 Å². The molecule has 0 atom stereocenters. The maximum Gasteiger partial charge on any atom is 0.244 e. The van der Waals surface area contributed by atoms with Crippen LogP contribution in [0, 0.1) is 11.3 Å². The van der Waals surface area contributed by atoms with Crippen molar-refractivity contribution in [2.75, 3.05) is 13.1 Å². The van der Waals surface area contributed by atoms with Crippen molar-refractivity contribution in [2.24, 2.45) is 11.3 Å².